The molecule has 1 atom stereocenters. The standard InChI is InChI=1S/C15H24N2O2S/c1-12-4-5-15(13(2)10-12)14-6-8-17(11-14)7-3-9-20(16,18)19/h4-5,10,14H,3,6-9,11H2,1-2H3,(H2,16,18,19)/t14-/m1/s1. The van der Waals surface area contributed by atoms with Gasteiger partial charge in [0, 0.05) is 6.54 Å². The van der Waals surface area contributed by atoms with Crippen LogP contribution in [0.3, 0.4) is 0 Å². The number of sulfonamides is 1. The Kier molecular flexibility index (Phi) is 4.83. The normalized spacial score (nSPS) is 20.4. The molecule has 0 aliphatic carbocycles. The summed E-state index contributed by atoms with van der Waals surface area (Å²) in [6, 6.07) is 6.65. The van der Waals surface area contributed by atoms with Crippen molar-refractivity contribution >= 4 is 10.0 Å². The Morgan fingerprint density at radius 1 is 1.35 bits per heavy atom. The highest BCUT2D eigenvalue weighted by Gasteiger charge is 2.24. The average Bonchev–Trinajstić information content (AvgIpc) is 2.75. The number of primary sulfonamides is 1. The van der Waals surface area contributed by atoms with Crippen molar-refractivity contribution in [2.24, 2.45) is 5.14 Å². The van der Waals surface area contributed by atoms with E-state index >= 15 is 0 Å². The van der Waals surface area contributed by atoms with Gasteiger partial charge in [-0.1, -0.05) is 23.8 Å². The molecule has 1 heterocycles. The largest absolute Gasteiger partial charge is 0.303 e. The van der Waals surface area contributed by atoms with Crippen LogP contribution in [0.1, 0.15) is 35.4 Å². The molecule has 1 aromatic rings. The predicted molar refractivity (Wildman–Crippen MR) is 82.3 cm³/mol. The first-order chi connectivity index (χ1) is 9.35. The van der Waals surface area contributed by atoms with Crippen LogP contribution in [0.2, 0.25) is 0 Å². The smallest absolute Gasteiger partial charge is 0.209 e. The monoisotopic (exact) mass is 296 g/mol. The number of hydrogen-bond acceptors (Lipinski definition) is 3. The Balaban J connectivity index is 1.89. The van der Waals surface area contributed by atoms with E-state index in [0.29, 0.717) is 12.3 Å². The molecule has 112 valence electrons. The molecule has 0 aromatic heterocycles. The van der Waals surface area contributed by atoms with Gasteiger partial charge in [-0.25, -0.2) is 13.6 Å². The maximum atomic E-state index is 10.9. The highest BCUT2D eigenvalue weighted by molar-refractivity contribution is 7.89. The summed E-state index contributed by atoms with van der Waals surface area (Å²) in [6.45, 7) is 7.17. The number of likely N-dealkylation sites (tertiary alicyclic amines) is 1. The topological polar surface area (TPSA) is 63.4 Å². The number of benzene rings is 1. The van der Waals surface area contributed by atoms with Gasteiger partial charge in [-0.3, -0.25) is 0 Å². The molecule has 0 saturated carbocycles. The quantitative estimate of drug-likeness (QED) is 0.900. The lowest BCUT2D eigenvalue weighted by atomic mass is 9.93. The molecule has 0 amide bonds. The zero-order valence-electron chi connectivity index (χ0n) is 12.3. The molecule has 0 unspecified atom stereocenters. The fourth-order valence-electron chi connectivity index (χ4n) is 3.06. The van der Waals surface area contributed by atoms with Crippen LogP contribution in [-0.2, 0) is 10.0 Å². The van der Waals surface area contributed by atoms with Crippen LogP contribution in [0.25, 0.3) is 0 Å². The lowest BCUT2D eigenvalue weighted by molar-refractivity contribution is 0.335. The van der Waals surface area contributed by atoms with E-state index in [1.807, 2.05) is 0 Å². The van der Waals surface area contributed by atoms with Gasteiger partial charge in [0.25, 0.3) is 0 Å². The number of rotatable bonds is 5. The molecule has 2 N–H and O–H groups in total. The van der Waals surface area contributed by atoms with Crippen molar-refractivity contribution in [1.29, 1.82) is 0 Å². The molecule has 4 nitrogen and oxygen atoms in total. The zero-order chi connectivity index (χ0) is 14.8. The van der Waals surface area contributed by atoms with Gasteiger partial charge in [0.15, 0.2) is 0 Å². The molecule has 1 aliphatic heterocycles. The fraction of sp³-hybridized carbons (Fsp3) is 0.600. The van der Waals surface area contributed by atoms with Crippen LogP contribution in [0, 0.1) is 13.8 Å². The SMILES string of the molecule is Cc1ccc([C@@H]2CCN(CCCS(N)(=O)=O)C2)c(C)c1. The lowest BCUT2D eigenvalue weighted by Crippen LogP contribution is -2.25. The summed E-state index contributed by atoms with van der Waals surface area (Å²) < 4.78 is 21.9. The third-order valence-corrected chi connectivity index (χ3v) is 4.90. The highest BCUT2D eigenvalue weighted by atomic mass is 32.2. The van der Waals surface area contributed by atoms with Gasteiger partial charge in [-0.2, -0.15) is 0 Å². The molecule has 2 rings (SSSR count). The summed E-state index contributed by atoms with van der Waals surface area (Å²) in [5.41, 5.74) is 4.10. The van der Waals surface area contributed by atoms with E-state index in [-0.39, 0.29) is 5.75 Å². The van der Waals surface area contributed by atoms with Gasteiger partial charge in [0.2, 0.25) is 10.0 Å². The van der Waals surface area contributed by atoms with Crippen molar-refractivity contribution < 1.29 is 8.42 Å². The average molecular weight is 296 g/mol. The van der Waals surface area contributed by atoms with E-state index in [4.69, 9.17) is 5.14 Å². The summed E-state index contributed by atoms with van der Waals surface area (Å²) in [4.78, 5) is 2.34. The summed E-state index contributed by atoms with van der Waals surface area (Å²) in [5, 5.41) is 5.03. The van der Waals surface area contributed by atoms with Gasteiger partial charge in [0.1, 0.15) is 0 Å². The summed E-state index contributed by atoms with van der Waals surface area (Å²) in [6.07, 6.45) is 1.78. The third-order valence-electron chi connectivity index (χ3n) is 4.04. The maximum absolute atomic E-state index is 10.9. The second-order valence-electron chi connectivity index (χ2n) is 5.87. The minimum Gasteiger partial charge on any atom is -0.303 e. The Morgan fingerprint density at radius 3 is 2.75 bits per heavy atom. The maximum Gasteiger partial charge on any atom is 0.209 e. The first-order valence-corrected chi connectivity index (χ1v) is 8.87. The van der Waals surface area contributed by atoms with E-state index in [2.05, 4.69) is 36.9 Å². The summed E-state index contributed by atoms with van der Waals surface area (Å²) >= 11 is 0. The number of nitrogens with two attached hydrogens (primary N) is 1. The van der Waals surface area contributed by atoms with Crippen molar-refractivity contribution in [2.75, 3.05) is 25.4 Å². The van der Waals surface area contributed by atoms with Crippen LogP contribution in [-0.4, -0.2) is 38.7 Å². The molecule has 5 heteroatoms. The van der Waals surface area contributed by atoms with Gasteiger partial charge in [0.05, 0.1) is 5.75 Å². The molecule has 1 saturated heterocycles. The van der Waals surface area contributed by atoms with Gasteiger partial charge < -0.3 is 4.90 Å². The second kappa shape index (κ2) is 6.24. The van der Waals surface area contributed by atoms with Crippen molar-refractivity contribution in [1.82, 2.24) is 4.90 Å². The predicted octanol–water partition coefficient (Wildman–Crippen LogP) is 1.77. The van der Waals surface area contributed by atoms with Crippen molar-refractivity contribution in [3.63, 3.8) is 0 Å². The van der Waals surface area contributed by atoms with Crippen LogP contribution in [0.4, 0.5) is 0 Å². The van der Waals surface area contributed by atoms with Crippen LogP contribution in [0.15, 0.2) is 18.2 Å². The fourth-order valence-corrected chi connectivity index (χ4v) is 3.59. The Labute approximate surface area is 122 Å². The van der Waals surface area contributed by atoms with E-state index in [1.165, 1.54) is 16.7 Å². The number of aryl methyl sites for hydroxylation is 2. The molecular formula is C15H24N2O2S. The number of nitrogens with zero attached hydrogens (tertiary/aromatic N) is 1. The Bertz CT molecular complexity index is 569. The molecule has 1 fully saturated rings. The Hall–Kier alpha value is -0.910. The van der Waals surface area contributed by atoms with Crippen molar-refractivity contribution in [3.05, 3.63) is 34.9 Å². The first kappa shape index (κ1) is 15.5. The van der Waals surface area contributed by atoms with E-state index in [1.54, 1.807) is 0 Å². The van der Waals surface area contributed by atoms with E-state index < -0.39 is 10.0 Å². The number of hydrogen-bond donors (Lipinski definition) is 1. The van der Waals surface area contributed by atoms with Crippen molar-refractivity contribution in [3.8, 4) is 0 Å². The highest BCUT2D eigenvalue weighted by Crippen LogP contribution is 2.29. The van der Waals surface area contributed by atoms with E-state index in [0.717, 1.165) is 26.1 Å². The van der Waals surface area contributed by atoms with Gasteiger partial charge in [-0.05, 0) is 56.8 Å². The third kappa shape index (κ3) is 4.30. The molecule has 1 aliphatic rings. The Morgan fingerprint density at radius 2 is 2.10 bits per heavy atom. The van der Waals surface area contributed by atoms with Gasteiger partial charge in [-0.15, -0.1) is 0 Å². The minimum absolute atomic E-state index is 0.0811. The molecule has 1 aromatic carbocycles. The van der Waals surface area contributed by atoms with Crippen molar-refractivity contribution in [2.45, 2.75) is 32.6 Å². The minimum atomic E-state index is -3.32. The second-order valence-corrected chi connectivity index (χ2v) is 7.60. The summed E-state index contributed by atoms with van der Waals surface area (Å²) in [5.74, 6) is 0.655. The van der Waals surface area contributed by atoms with Gasteiger partial charge >= 0.3 is 0 Å². The van der Waals surface area contributed by atoms with Crippen LogP contribution < -0.4 is 5.14 Å². The van der Waals surface area contributed by atoms with Crippen LogP contribution >= 0.6 is 0 Å². The zero-order valence-corrected chi connectivity index (χ0v) is 13.1. The first-order valence-electron chi connectivity index (χ1n) is 7.15. The molecule has 0 spiro atoms. The molecule has 0 bridgehead atoms. The lowest BCUT2D eigenvalue weighted by Gasteiger charge is -2.17. The summed E-state index contributed by atoms with van der Waals surface area (Å²) in [7, 11) is -3.32. The molecular weight excluding hydrogens is 272 g/mol. The van der Waals surface area contributed by atoms with Crippen LogP contribution in [0.5, 0.6) is 0 Å². The molecule has 20 heavy (non-hydrogen) atoms. The van der Waals surface area contributed by atoms with E-state index in [9.17, 15) is 8.42 Å². The molecule has 0 radical (unpaired) electrons.